The molecule has 0 N–H and O–H groups in total. The Kier molecular flexibility index (Phi) is 36.2. The average molecular weight is 667 g/mol. The largest absolute Gasteiger partial charge is 0.462 e. The molecule has 48 heavy (non-hydrogen) atoms. The molecule has 5 heteroatoms. The Morgan fingerprint density at radius 3 is 1.56 bits per heavy atom. The first kappa shape index (κ1) is 45.1. The molecular weight excluding hydrogens is 596 g/mol. The highest BCUT2D eigenvalue weighted by Crippen LogP contribution is 2.09. The number of rotatable bonds is 33. The second-order valence-electron chi connectivity index (χ2n) is 12.1. The first-order chi connectivity index (χ1) is 23.6. The Hall–Kier alpha value is -2.92. The van der Waals surface area contributed by atoms with Gasteiger partial charge in [-0.25, -0.2) is 0 Å². The summed E-state index contributed by atoms with van der Waals surface area (Å²) in [5.74, 6) is -0.539. The van der Waals surface area contributed by atoms with Crippen LogP contribution >= 0.6 is 0 Å². The molecule has 0 amide bonds. The molecule has 0 heterocycles. The molecule has 0 aliphatic rings. The number of carbonyl (C=O) groups is 2. The van der Waals surface area contributed by atoms with Crippen molar-refractivity contribution in [3.63, 3.8) is 0 Å². The van der Waals surface area contributed by atoms with E-state index in [1.165, 1.54) is 25.7 Å². The van der Waals surface area contributed by atoms with Gasteiger partial charge in [0.05, 0.1) is 6.61 Å². The number of ether oxygens (including phenoxy) is 3. The van der Waals surface area contributed by atoms with Crippen LogP contribution in [0.15, 0.2) is 85.1 Å². The van der Waals surface area contributed by atoms with Crippen molar-refractivity contribution in [2.45, 2.75) is 155 Å². The lowest BCUT2D eigenvalue weighted by Crippen LogP contribution is -2.30. The zero-order valence-corrected chi connectivity index (χ0v) is 31.0. The lowest BCUT2D eigenvalue weighted by molar-refractivity contribution is -0.162. The lowest BCUT2D eigenvalue weighted by Gasteiger charge is -2.18. The summed E-state index contributed by atoms with van der Waals surface area (Å²) >= 11 is 0. The van der Waals surface area contributed by atoms with E-state index in [1.807, 2.05) is 6.08 Å². The minimum atomic E-state index is -0.576. The zero-order valence-electron chi connectivity index (χ0n) is 31.0. The quantitative estimate of drug-likeness (QED) is 0.0396. The van der Waals surface area contributed by atoms with Crippen molar-refractivity contribution in [3.8, 4) is 0 Å². The first-order valence-electron chi connectivity index (χ1n) is 19.1. The molecule has 0 aromatic rings. The van der Waals surface area contributed by atoms with Gasteiger partial charge >= 0.3 is 11.9 Å². The molecular formula is C43H70O5. The van der Waals surface area contributed by atoms with Crippen LogP contribution in [0.3, 0.4) is 0 Å². The minimum Gasteiger partial charge on any atom is -0.462 e. The van der Waals surface area contributed by atoms with Gasteiger partial charge in [-0.15, -0.1) is 0 Å². The van der Waals surface area contributed by atoms with Gasteiger partial charge in [-0.3, -0.25) is 9.59 Å². The van der Waals surface area contributed by atoms with E-state index in [0.717, 1.165) is 83.5 Å². The van der Waals surface area contributed by atoms with Gasteiger partial charge in [0, 0.05) is 19.4 Å². The van der Waals surface area contributed by atoms with Gasteiger partial charge in [-0.2, -0.15) is 0 Å². The molecule has 1 atom stereocenters. The van der Waals surface area contributed by atoms with Gasteiger partial charge in [0.1, 0.15) is 6.61 Å². The van der Waals surface area contributed by atoms with Crippen molar-refractivity contribution >= 4 is 11.9 Å². The fraction of sp³-hybridized carbons (Fsp3) is 0.628. The van der Waals surface area contributed by atoms with Gasteiger partial charge in [0.15, 0.2) is 6.10 Å². The van der Waals surface area contributed by atoms with Crippen molar-refractivity contribution in [2.75, 3.05) is 19.8 Å². The first-order valence-corrected chi connectivity index (χ1v) is 19.1. The highest BCUT2D eigenvalue weighted by Gasteiger charge is 2.17. The smallest absolute Gasteiger partial charge is 0.306 e. The second-order valence-corrected chi connectivity index (χ2v) is 12.1. The highest BCUT2D eigenvalue weighted by molar-refractivity contribution is 5.70. The van der Waals surface area contributed by atoms with Gasteiger partial charge in [-0.05, 0) is 77.0 Å². The van der Waals surface area contributed by atoms with Crippen LogP contribution in [0.25, 0.3) is 0 Å². The Morgan fingerprint density at radius 1 is 0.479 bits per heavy atom. The van der Waals surface area contributed by atoms with E-state index in [4.69, 9.17) is 14.2 Å². The summed E-state index contributed by atoms with van der Waals surface area (Å²) in [5, 5.41) is 0. The molecule has 1 unspecified atom stereocenters. The molecule has 0 aromatic heterocycles. The molecule has 5 nitrogen and oxygen atoms in total. The second kappa shape index (κ2) is 38.5. The van der Waals surface area contributed by atoms with E-state index in [9.17, 15) is 9.59 Å². The number of allylic oxidation sites excluding steroid dienone is 14. The van der Waals surface area contributed by atoms with E-state index >= 15 is 0 Å². The summed E-state index contributed by atoms with van der Waals surface area (Å²) in [4.78, 5) is 24.9. The van der Waals surface area contributed by atoms with Crippen molar-refractivity contribution in [1.82, 2.24) is 0 Å². The van der Waals surface area contributed by atoms with Crippen LogP contribution in [0.4, 0.5) is 0 Å². The van der Waals surface area contributed by atoms with E-state index in [1.54, 1.807) is 0 Å². The van der Waals surface area contributed by atoms with Gasteiger partial charge in [-0.1, -0.05) is 144 Å². The SMILES string of the molecule is CC/C=C\C/C=C\C/C=C\C/C=C\CCC(=O)OCC(COCCCCCCCC)OC(=O)CCCCC/C=C\C/C=C\C/C=C\CC. The summed E-state index contributed by atoms with van der Waals surface area (Å²) in [6.45, 7) is 7.41. The number of unbranched alkanes of at least 4 members (excludes halogenated alkanes) is 8. The topological polar surface area (TPSA) is 61.8 Å². The van der Waals surface area contributed by atoms with Crippen LogP contribution in [-0.2, 0) is 23.8 Å². The number of hydrogen-bond donors (Lipinski definition) is 0. The monoisotopic (exact) mass is 667 g/mol. The number of carbonyl (C=O) groups excluding carboxylic acids is 2. The third-order valence-corrected chi connectivity index (χ3v) is 7.44. The van der Waals surface area contributed by atoms with Gasteiger partial charge in [0.25, 0.3) is 0 Å². The molecule has 0 saturated heterocycles. The maximum atomic E-state index is 12.6. The average Bonchev–Trinajstić information content (AvgIpc) is 3.08. The van der Waals surface area contributed by atoms with E-state index in [0.29, 0.717) is 25.9 Å². The molecule has 0 aliphatic heterocycles. The molecule has 0 rings (SSSR count). The fourth-order valence-electron chi connectivity index (χ4n) is 4.65. The molecule has 272 valence electrons. The summed E-state index contributed by atoms with van der Waals surface area (Å²) in [5.41, 5.74) is 0. The van der Waals surface area contributed by atoms with Crippen LogP contribution in [0.5, 0.6) is 0 Å². The summed E-state index contributed by atoms with van der Waals surface area (Å²) in [7, 11) is 0. The van der Waals surface area contributed by atoms with Gasteiger partial charge in [0.2, 0.25) is 0 Å². The fourth-order valence-corrected chi connectivity index (χ4v) is 4.65. The third-order valence-electron chi connectivity index (χ3n) is 7.44. The summed E-state index contributed by atoms with van der Waals surface area (Å²) in [6, 6.07) is 0. The van der Waals surface area contributed by atoms with Crippen molar-refractivity contribution in [1.29, 1.82) is 0 Å². The molecule has 0 saturated carbocycles. The Bertz CT molecular complexity index is 937. The molecule has 0 aromatic carbocycles. The van der Waals surface area contributed by atoms with Crippen LogP contribution in [0.1, 0.15) is 149 Å². The molecule has 0 fully saturated rings. The van der Waals surface area contributed by atoms with E-state index in [2.05, 4.69) is 99.8 Å². The highest BCUT2D eigenvalue weighted by atomic mass is 16.6. The van der Waals surface area contributed by atoms with Crippen LogP contribution < -0.4 is 0 Å². The van der Waals surface area contributed by atoms with Gasteiger partial charge < -0.3 is 14.2 Å². The van der Waals surface area contributed by atoms with E-state index in [-0.39, 0.29) is 25.2 Å². The summed E-state index contributed by atoms with van der Waals surface area (Å²) in [6.07, 6.45) is 48.8. The number of esters is 2. The Morgan fingerprint density at radius 2 is 0.979 bits per heavy atom. The van der Waals surface area contributed by atoms with Crippen molar-refractivity contribution in [3.05, 3.63) is 85.1 Å². The zero-order chi connectivity index (χ0) is 35.0. The predicted octanol–water partition coefficient (Wildman–Crippen LogP) is 12.2. The maximum absolute atomic E-state index is 12.6. The van der Waals surface area contributed by atoms with Crippen LogP contribution in [-0.4, -0.2) is 37.9 Å². The van der Waals surface area contributed by atoms with Crippen molar-refractivity contribution < 1.29 is 23.8 Å². The molecule has 0 radical (unpaired) electrons. The lowest BCUT2D eigenvalue weighted by atomic mass is 10.1. The summed E-state index contributed by atoms with van der Waals surface area (Å²) < 4.78 is 17.0. The van der Waals surface area contributed by atoms with Crippen LogP contribution in [0, 0.1) is 0 Å². The number of hydrogen-bond acceptors (Lipinski definition) is 5. The maximum Gasteiger partial charge on any atom is 0.306 e. The predicted molar refractivity (Wildman–Crippen MR) is 205 cm³/mol. The molecule has 0 spiro atoms. The Balaban J connectivity index is 4.36. The Labute approximate surface area is 295 Å². The van der Waals surface area contributed by atoms with Crippen LogP contribution in [0.2, 0.25) is 0 Å². The van der Waals surface area contributed by atoms with Crippen molar-refractivity contribution in [2.24, 2.45) is 0 Å². The third kappa shape index (κ3) is 35.9. The standard InChI is InChI=1S/C43H70O5/c1-4-7-10-13-16-18-20-22-24-26-28-30-33-36-42(44)47-40-41(39-46-38-35-32-15-12-9-6-3)48-43(45)37-34-31-29-27-25-23-21-19-17-14-11-8-5-2/h7-8,10-11,16-19,22-25,28,30,41H,4-6,9,12-15,20-21,26-27,29,31-40H2,1-3H3/b10-7-,11-8-,18-16-,19-17-,24-22-,25-23-,30-28-. The molecule has 0 aliphatic carbocycles. The minimum absolute atomic E-state index is 0.0312. The van der Waals surface area contributed by atoms with E-state index < -0.39 is 6.10 Å². The normalized spacial score (nSPS) is 13.1. The molecule has 0 bridgehead atoms.